The minimum atomic E-state index is -2.45. The Labute approximate surface area is 91.3 Å². The summed E-state index contributed by atoms with van der Waals surface area (Å²) in [6.07, 6.45) is -0.0688. The smallest absolute Gasteiger partial charge is 0.207 e. The lowest BCUT2D eigenvalue weighted by Gasteiger charge is -2.35. The predicted molar refractivity (Wildman–Crippen MR) is 51.8 cm³/mol. The standard InChI is InChI=1S/C10H9ClF2.N2/c11-9-3-1-2-7(4-9)8-5-10(12,13)6-8;1-2/h1-4,8H,5-6H2;. The Hall–Kier alpha value is -1.21. The molecule has 0 radical (unpaired) electrons. The molecular weight excluding hydrogens is 222 g/mol. The van der Waals surface area contributed by atoms with Crippen molar-refractivity contribution in [1.29, 1.82) is 10.8 Å². The van der Waals surface area contributed by atoms with Gasteiger partial charge in [0.2, 0.25) is 5.92 Å². The van der Waals surface area contributed by atoms with Gasteiger partial charge in [-0.3, -0.25) is 0 Å². The van der Waals surface area contributed by atoms with Crippen molar-refractivity contribution in [3.05, 3.63) is 34.9 Å². The zero-order valence-corrected chi connectivity index (χ0v) is 8.59. The molecular formula is C10H9ClF2N2. The first-order valence-corrected chi connectivity index (χ1v) is 4.78. The van der Waals surface area contributed by atoms with Gasteiger partial charge < -0.3 is 0 Å². The summed E-state index contributed by atoms with van der Waals surface area (Å²) < 4.78 is 25.1. The van der Waals surface area contributed by atoms with Crippen molar-refractivity contribution in [2.45, 2.75) is 24.7 Å². The molecule has 2 rings (SSSR count). The number of hydrogen-bond acceptors (Lipinski definition) is 2. The molecule has 0 atom stereocenters. The topological polar surface area (TPSA) is 47.6 Å². The molecule has 1 aliphatic rings. The highest BCUT2D eigenvalue weighted by Gasteiger charge is 2.45. The summed E-state index contributed by atoms with van der Waals surface area (Å²) in [6, 6.07) is 7.17. The summed E-state index contributed by atoms with van der Waals surface area (Å²) in [6.45, 7) is 0. The van der Waals surface area contributed by atoms with Crippen LogP contribution >= 0.6 is 11.6 Å². The summed E-state index contributed by atoms with van der Waals surface area (Å²) in [4.78, 5) is 0. The van der Waals surface area contributed by atoms with E-state index in [0.717, 1.165) is 5.56 Å². The van der Waals surface area contributed by atoms with Crippen LogP contribution in [0.15, 0.2) is 24.3 Å². The lowest BCUT2D eigenvalue weighted by Crippen LogP contribution is -2.33. The molecule has 0 aromatic heterocycles. The van der Waals surface area contributed by atoms with Gasteiger partial charge in [0, 0.05) is 28.6 Å². The van der Waals surface area contributed by atoms with Gasteiger partial charge in [0.05, 0.1) is 0 Å². The van der Waals surface area contributed by atoms with Gasteiger partial charge in [0.25, 0.3) is 0 Å². The van der Waals surface area contributed by atoms with Crippen LogP contribution in [0, 0.1) is 10.8 Å². The summed E-state index contributed by atoms with van der Waals surface area (Å²) in [7, 11) is 0. The van der Waals surface area contributed by atoms with Crippen LogP contribution < -0.4 is 0 Å². The van der Waals surface area contributed by atoms with E-state index < -0.39 is 5.92 Å². The first-order chi connectivity index (χ1) is 7.07. The molecule has 1 aromatic carbocycles. The van der Waals surface area contributed by atoms with Crippen molar-refractivity contribution in [1.82, 2.24) is 0 Å². The van der Waals surface area contributed by atoms with E-state index in [4.69, 9.17) is 22.4 Å². The number of hydrogen-bond donors (Lipinski definition) is 0. The van der Waals surface area contributed by atoms with Crippen LogP contribution in [-0.2, 0) is 0 Å². The van der Waals surface area contributed by atoms with E-state index in [0.29, 0.717) is 5.02 Å². The lowest BCUT2D eigenvalue weighted by molar-refractivity contribution is -0.0867. The van der Waals surface area contributed by atoms with E-state index >= 15 is 0 Å². The molecule has 15 heavy (non-hydrogen) atoms. The quantitative estimate of drug-likeness (QED) is 0.688. The average molecular weight is 231 g/mol. The number of alkyl halides is 2. The highest BCUT2D eigenvalue weighted by Crippen LogP contribution is 2.48. The van der Waals surface area contributed by atoms with Crippen molar-refractivity contribution in [3.8, 4) is 0 Å². The fourth-order valence-corrected chi connectivity index (χ4v) is 1.86. The molecule has 1 aliphatic carbocycles. The molecule has 5 heteroatoms. The van der Waals surface area contributed by atoms with Crippen LogP contribution in [0.4, 0.5) is 8.78 Å². The zero-order chi connectivity index (χ0) is 11.5. The maximum Gasteiger partial charge on any atom is 0.249 e. The molecule has 0 bridgehead atoms. The van der Waals surface area contributed by atoms with E-state index in [1.165, 1.54) is 0 Å². The highest BCUT2D eigenvalue weighted by atomic mass is 35.5. The molecule has 0 N–H and O–H groups in total. The maximum absolute atomic E-state index is 12.5. The van der Waals surface area contributed by atoms with Crippen molar-refractivity contribution >= 4 is 11.6 Å². The molecule has 0 saturated heterocycles. The summed E-state index contributed by atoms with van der Waals surface area (Å²) in [5, 5.41) is 12.6. The fourth-order valence-electron chi connectivity index (χ4n) is 1.66. The molecule has 1 fully saturated rings. The third-order valence-electron chi connectivity index (χ3n) is 2.41. The lowest BCUT2D eigenvalue weighted by atomic mass is 9.77. The Kier molecular flexibility index (Phi) is 3.59. The molecule has 0 amide bonds. The van der Waals surface area contributed by atoms with Gasteiger partial charge in [-0.15, -0.1) is 0 Å². The first kappa shape index (κ1) is 11.9. The van der Waals surface area contributed by atoms with Crippen LogP contribution in [-0.4, -0.2) is 5.92 Å². The van der Waals surface area contributed by atoms with E-state index in [1.807, 2.05) is 6.07 Å². The number of nitrogens with zero attached hydrogens (tertiary/aromatic N) is 2. The third kappa shape index (κ3) is 2.87. The van der Waals surface area contributed by atoms with Crippen LogP contribution in [0.3, 0.4) is 0 Å². The number of benzene rings is 1. The van der Waals surface area contributed by atoms with Crippen LogP contribution in [0.5, 0.6) is 0 Å². The number of rotatable bonds is 1. The van der Waals surface area contributed by atoms with Crippen molar-refractivity contribution in [2.75, 3.05) is 0 Å². The van der Waals surface area contributed by atoms with E-state index in [2.05, 4.69) is 0 Å². The molecule has 80 valence electrons. The summed E-state index contributed by atoms with van der Waals surface area (Å²) in [5.74, 6) is -2.46. The second-order valence-electron chi connectivity index (χ2n) is 3.52. The Morgan fingerprint density at radius 3 is 2.33 bits per heavy atom. The monoisotopic (exact) mass is 230 g/mol. The predicted octanol–water partition coefficient (Wildman–Crippen LogP) is 3.88. The summed E-state index contributed by atoms with van der Waals surface area (Å²) in [5.41, 5.74) is 0.929. The molecule has 1 saturated carbocycles. The molecule has 0 unspecified atom stereocenters. The van der Waals surface area contributed by atoms with Crippen LogP contribution in [0.2, 0.25) is 5.02 Å². The first-order valence-electron chi connectivity index (χ1n) is 4.40. The van der Waals surface area contributed by atoms with Crippen molar-refractivity contribution in [3.63, 3.8) is 0 Å². The second-order valence-corrected chi connectivity index (χ2v) is 3.95. The minimum Gasteiger partial charge on any atom is -0.207 e. The Morgan fingerprint density at radius 1 is 1.27 bits per heavy atom. The highest BCUT2D eigenvalue weighted by molar-refractivity contribution is 6.30. The Balaban J connectivity index is 0.000000531. The van der Waals surface area contributed by atoms with Gasteiger partial charge in [-0.25, -0.2) is 8.78 Å². The second kappa shape index (κ2) is 4.54. The SMILES string of the molecule is FC1(F)CC(c2cccc(Cl)c2)C1.N#N. The normalized spacial score (nSPS) is 18.5. The summed E-state index contributed by atoms with van der Waals surface area (Å²) >= 11 is 5.75. The van der Waals surface area contributed by atoms with E-state index in [9.17, 15) is 8.78 Å². The zero-order valence-electron chi connectivity index (χ0n) is 7.83. The van der Waals surface area contributed by atoms with Crippen LogP contribution in [0.1, 0.15) is 24.3 Å². The Bertz CT molecular complexity index is 357. The number of halogens is 3. The van der Waals surface area contributed by atoms with E-state index in [-0.39, 0.29) is 18.8 Å². The average Bonchev–Trinajstić information content (AvgIpc) is 2.17. The molecule has 0 spiro atoms. The van der Waals surface area contributed by atoms with Gasteiger partial charge >= 0.3 is 0 Å². The largest absolute Gasteiger partial charge is 0.249 e. The van der Waals surface area contributed by atoms with Crippen LogP contribution in [0.25, 0.3) is 0 Å². The van der Waals surface area contributed by atoms with Crippen molar-refractivity contribution in [2.24, 2.45) is 0 Å². The molecule has 0 heterocycles. The van der Waals surface area contributed by atoms with Gasteiger partial charge in [-0.2, -0.15) is 0 Å². The van der Waals surface area contributed by atoms with Gasteiger partial charge in [-0.05, 0) is 23.6 Å². The Morgan fingerprint density at radius 2 is 1.87 bits per heavy atom. The van der Waals surface area contributed by atoms with Gasteiger partial charge in [0.15, 0.2) is 0 Å². The van der Waals surface area contributed by atoms with Gasteiger partial charge in [0.1, 0.15) is 0 Å². The van der Waals surface area contributed by atoms with Gasteiger partial charge in [-0.1, -0.05) is 23.7 Å². The fraction of sp³-hybridized carbons (Fsp3) is 0.400. The molecule has 0 aliphatic heterocycles. The molecule has 1 aromatic rings. The maximum atomic E-state index is 12.5. The minimum absolute atomic E-state index is 0.00583. The molecule has 2 nitrogen and oxygen atoms in total. The van der Waals surface area contributed by atoms with Crippen molar-refractivity contribution < 1.29 is 8.78 Å². The van der Waals surface area contributed by atoms with E-state index in [1.54, 1.807) is 18.2 Å². The third-order valence-corrected chi connectivity index (χ3v) is 2.65.